The zero-order chi connectivity index (χ0) is 11.6. The van der Waals surface area contributed by atoms with Crippen molar-refractivity contribution in [2.24, 2.45) is 5.73 Å². The van der Waals surface area contributed by atoms with Crippen molar-refractivity contribution in [3.05, 3.63) is 34.4 Å². The fourth-order valence-electron chi connectivity index (χ4n) is 1.46. The number of carbonyl (C=O) groups is 1. The van der Waals surface area contributed by atoms with Gasteiger partial charge in [0, 0.05) is 0 Å². The number of nitrogens with two attached hydrogens (primary N) is 1. The summed E-state index contributed by atoms with van der Waals surface area (Å²) in [5, 5.41) is 17.6. The Bertz CT molecular complexity index is 447. The number of carboxylic acid groups (broad SMARTS) is 1. The molecule has 0 saturated heterocycles. The van der Waals surface area contributed by atoms with Gasteiger partial charge in [-0.2, -0.15) is 5.26 Å². The highest BCUT2D eigenvalue weighted by Gasteiger charge is 2.17. The Morgan fingerprint density at radius 3 is 2.53 bits per heavy atom. The van der Waals surface area contributed by atoms with Crippen molar-refractivity contribution in [1.29, 1.82) is 5.26 Å². The molecule has 1 unspecified atom stereocenters. The Morgan fingerprint density at radius 1 is 1.47 bits per heavy atom. The molecule has 0 aliphatic rings. The van der Waals surface area contributed by atoms with E-state index in [1.54, 1.807) is 19.1 Å². The van der Waals surface area contributed by atoms with E-state index in [0.29, 0.717) is 11.1 Å². The zero-order valence-electron chi connectivity index (χ0n) is 8.61. The van der Waals surface area contributed by atoms with Crippen molar-refractivity contribution in [2.75, 3.05) is 0 Å². The first-order valence-corrected chi connectivity index (χ1v) is 4.47. The number of rotatable bonds is 2. The lowest BCUT2D eigenvalue weighted by Gasteiger charge is -2.12. The fraction of sp³-hybridized carbons (Fsp3) is 0.273. The lowest BCUT2D eigenvalue weighted by molar-refractivity contribution is -0.138. The third-order valence-corrected chi connectivity index (χ3v) is 2.33. The van der Waals surface area contributed by atoms with E-state index in [-0.39, 0.29) is 0 Å². The van der Waals surface area contributed by atoms with Crippen molar-refractivity contribution in [2.45, 2.75) is 19.9 Å². The maximum absolute atomic E-state index is 10.7. The second kappa shape index (κ2) is 4.11. The van der Waals surface area contributed by atoms with Crippen molar-refractivity contribution < 1.29 is 9.90 Å². The second-order valence-electron chi connectivity index (χ2n) is 3.45. The molecule has 0 fully saturated rings. The first-order chi connectivity index (χ1) is 6.97. The van der Waals surface area contributed by atoms with Crippen molar-refractivity contribution in [3.8, 4) is 6.07 Å². The van der Waals surface area contributed by atoms with E-state index in [1.165, 1.54) is 0 Å². The summed E-state index contributed by atoms with van der Waals surface area (Å²) in [6.45, 7) is 3.59. The molecule has 1 aromatic carbocycles. The van der Waals surface area contributed by atoms with E-state index >= 15 is 0 Å². The van der Waals surface area contributed by atoms with Gasteiger partial charge in [0.25, 0.3) is 0 Å². The Kier molecular flexibility index (Phi) is 3.08. The summed E-state index contributed by atoms with van der Waals surface area (Å²) in [6, 6.07) is 4.26. The highest BCUT2D eigenvalue weighted by Crippen LogP contribution is 2.20. The molecule has 0 saturated carbocycles. The smallest absolute Gasteiger partial charge is 0.325 e. The van der Waals surface area contributed by atoms with Crippen molar-refractivity contribution in [3.63, 3.8) is 0 Å². The molecule has 1 atom stereocenters. The van der Waals surface area contributed by atoms with Crippen LogP contribution in [0.3, 0.4) is 0 Å². The van der Waals surface area contributed by atoms with Gasteiger partial charge in [-0.3, -0.25) is 4.79 Å². The van der Waals surface area contributed by atoms with E-state index in [9.17, 15) is 4.79 Å². The summed E-state index contributed by atoms with van der Waals surface area (Å²) >= 11 is 0. The number of nitrogens with zero attached hydrogens (tertiary/aromatic N) is 1. The van der Waals surface area contributed by atoms with Gasteiger partial charge in [-0.15, -0.1) is 0 Å². The second-order valence-corrected chi connectivity index (χ2v) is 3.45. The molecule has 0 bridgehead atoms. The number of hydrogen-bond donors (Lipinski definition) is 2. The molecule has 3 N–H and O–H groups in total. The third-order valence-electron chi connectivity index (χ3n) is 2.33. The molecular formula is C11H12N2O2. The van der Waals surface area contributed by atoms with Gasteiger partial charge >= 0.3 is 5.97 Å². The van der Waals surface area contributed by atoms with Gasteiger partial charge in [0.05, 0.1) is 11.6 Å². The standard InChI is InChI=1S/C11H12N2O2/c1-6-3-7(2)9(4-8(6)5-12)10(13)11(14)15/h3-4,10H,13H2,1-2H3,(H,14,15). The van der Waals surface area contributed by atoms with Crippen LogP contribution in [-0.4, -0.2) is 11.1 Å². The minimum Gasteiger partial charge on any atom is -0.480 e. The molecule has 0 aliphatic heterocycles. The number of hydrogen-bond acceptors (Lipinski definition) is 3. The number of benzene rings is 1. The normalized spacial score (nSPS) is 11.9. The van der Waals surface area contributed by atoms with Crippen LogP contribution in [0.15, 0.2) is 12.1 Å². The van der Waals surface area contributed by atoms with Gasteiger partial charge in [-0.25, -0.2) is 0 Å². The highest BCUT2D eigenvalue weighted by atomic mass is 16.4. The SMILES string of the molecule is Cc1cc(C)c(C(N)C(=O)O)cc1C#N. The van der Waals surface area contributed by atoms with Crippen LogP contribution >= 0.6 is 0 Å². The molecule has 4 heteroatoms. The minimum absolute atomic E-state index is 0.465. The fourth-order valence-corrected chi connectivity index (χ4v) is 1.46. The molecule has 1 rings (SSSR count). The third kappa shape index (κ3) is 2.14. The summed E-state index contributed by atoms with van der Waals surface area (Å²) in [7, 11) is 0. The summed E-state index contributed by atoms with van der Waals surface area (Å²) in [4.78, 5) is 10.7. The maximum Gasteiger partial charge on any atom is 0.325 e. The zero-order valence-corrected chi connectivity index (χ0v) is 8.61. The van der Waals surface area contributed by atoms with Crippen LogP contribution in [0.5, 0.6) is 0 Å². The van der Waals surface area contributed by atoms with Gasteiger partial charge < -0.3 is 10.8 Å². The van der Waals surface area contributed by atoms with E-state index < -0.39 is 12.0 Å². The Morgan fingerprint density at radius 2 is 2.07 bits per heavy atom. The predicted molar refractivity (Wildman–Crippen MR) is 55.2 cm³/mol. The van der Waals surface area contributed by atoms with E-state index in [2.05, 4.69) is 0 Å². The summed E-state index contributed by atoms with van der Waals surface area (Å²) in [5.41, 5.74) is 8.08. The van der Waals surface area contributed by atoms with Gasteiger partial charge in [0.15, 0.2) is 0 Å². The Balaban J connectivity index is 3.32. The van der Waals surface area contributed by atoms with Gasteiger partial charge in [-0.05, 0) is 36.6 Å². The largest absolute Gasteiger partial charge is 0.480 e. The number of nitriles is 1. The molecule has 0 radical (unpaired) electrons. The molecule has 78 valence electrons. The first-order valence-electron chi connectivity index (χ1n) is 4.47. The molecular weight excluding hydrogens is 192 g/mol. The van der Waals surface area contributed by atoms with Crippen LogP contribution in [0.4, 0.5) is 0 Å². The van der Waals surface area contributed by atoms with E-state index in [4.69, 9.17) is 16.1 Å². The predicted octanol–water partition coefficient (Wildman–Crippen LogP) is 1.26. The lowest BCUT2D eigenvalue weighted by Crippen LogP contribution is -2.21. The molecule has 4 nitrogen and oxygen atoms in total. The van der Waals surface area contributed by atoms with Crippen LogP contribution in [0, 0.1) is 25.2 Å². The number of aliphatic carboxylic acids is 1. The average Bonchev–Trinajstić information content (AvgIpc) is 2.17. The topological polar surface area (TPSA) is 87.1 Å². The summed E-state index contributed by atoms with van der Waals surface area (Å²) < 4.78 is 0. The molecule has 0 amide bonds. The van der Waals surface area contributed by atoms with Crippen LogP contribution in [0.2, 0.25) is 0 Å². The van der Waals surface area contributed by atoms with Crippen LogP contribution in [-0.2, 0) is 4.79 Å². The molecule has 0 heterocycles. The number of aryl methyl sites for hydroxylation is 2. The lowest BCUT2D eigenvalue weighted by atomic mass is 9.96. The molecule has 1 aromatic rings. The van der Waals surface area contributed by atoms with E-state index in [0.717, 1.165) is 11.1 Å². The summed E-state index contributed by atoms with van der Waals surface area (Å²) in [5.74, 6) is -1.09. The van der Waals surface area contributed by atoms with Gasteiger partial charge in [0.1, 0.15) is 6.04 Å². The van der Waals surface area contributed by atoms with Gasteiger partial charge in [0.2, 0.25) is 0 Å². The highest BCUT2D eigenvalue weighted by molar-refractivity contribution is 5.76. The maximum atomic E-state index is 10.7. The summed E-state index contributed by atoms with van der Waals surface area (Å²) in [6.07, 6.45) is 0. The molecule has 0 aromatic heterocycles. The Hall–Kier alpha value is -1.86. The van der Waals surface area contributed by atoms with Crippen LogP contribution in [0.25, 0.3) is 0 Å². The van der Waals surface area contributed by atoms with Crippen molar-refractivity contribution in [1.82, 2.24) is 0 Å². The van der Waals surface area contributed by atoms with E-state index in [1.807, 2.05) is 13.0 Å². The molecule has 0 spiro atoms. The van der Waals surface area contributed by atoms with Crippen LogP contribution in [0.1, 0.15) is 28.3 Å². The number of carboxylic acids is 1. The monoisotopic (exact) mass is 204 g/mol. The minimum atomic E-state index is -1.09. The quantitative estimate of drug-likeness (QED) is 0.759. The average molecular weight is 204 g/mol. The van der Waals surface area contributed by atoms with Gasteiger partial charge in [-0.1, -0.05) is 6.07 Å². The Labute approximate surface area is 87.9 Å². The molecule has 15 heavy (non-hydrogen) atoms. The first kappa shape index (κ1) is 11.2. The molecule has 0 aliphatic carbocycles. The van der Waals surface area contributed by atoms with Crippen molar-refractivity contribution >= 4 is 5.97 Å². The van der Waals surface area contributed by atoms with Crippen LogP contribution < -0.4 is 5.73 Å².